The van der Waals surface area contributed by atoms with Crippen molar-refractivity contribution >= 4 is 0 Å². The first-order valence-electron chi connectivity index (χ1n) is 3.96. The summed E-state index contributed by atoms with van der Waals surface area (Å²) >= 11 is 0. The third-order valence-electron chi connectivity index (χ3n) is 2.08. The second kappa shape index (κ2) is 2.51. The second-order valence-electron chi connectivity index (χ2n) is 3.99. The number of aliphatic hydroxyl groups is 1. The Labute approximate surface area is 62.8 Å². The Bertz CT molecular complexity index is 117. The lowest BCUT2D eigenvalue weighted by molar-refractivity contribution is -0.0178. The molecule has 0 aromatic rings. The number of hydrogen-bond acceptors (Lipinski definition) is 2. The van der Waals surface area contributed by atoms with Crippen LogP contribution in [-0.4, -0.2) is 28.3 Å². The lowest BCUT2D eigenvalue weighted by Gasteiger charge is -2.34. The molecule has 0 bridgehead atoms. The van der Waals surface area contributed by atoms with E-state index in [0.717, 1.165) is 19.4 Å². The van der Waals surface area contributed by atoms with E-state index in [0.29, 0.717) is 0 Å². The van der Waals surface area contributed by atoms with Crippen LogP contribution in [0.15, 0.2) is 0 Å². The molecule has 0 aromatic carbocycles. The summed E-state index contributed by atoms with van der Waals surface area (Å²) in [6, 6.07) is 0. The summed E-state index contributed by atoms with van der Waals surface area (Å²) < 4.78 is 0. The minimum absolute atomic E-state index is 0.135. The zero-order valence-electron chi connectivity index (χ0n) is 7.09. The molecule has 0 aromatic heterocycles. The summed E-state index contributed by atoms with van der Waals surface area (Å²) in [7, 11) is 0. The minimum atomic E-state index is -0.194. The third kappa shape index (κ3) is 1.50. The highest BCUT2D eigenvalue weighted by molar-refractivity contribution is 4.82. The van der Waals surface area contributed by atoms with Crippen LogP contribution in [0.1, 0.15) is 33.6 Å². The highest BCUT2D eigenvalue weighted by Crippen LogP contribution is 2.24. The molecular formula is C8H17NO. The molecule has 1 N–H and O–H groups in total. The molecule has 1 unspecified atom stereocenters. The number of likely N-dealkylation sites (tertiary alicyclic amines) is 1. The van der Waals surface area contributed by atoms with Crippen LogP contribution in [0.4, 0.5) is 0 Å². The molecule has 1 rings (SSSR count). The van der Waals surface area contributed by atoms with E-state index in [4.69, 9.17) is 0 Å². The second-order valence-corrected chi connectivity index (χ2v) is 3.99. The molecule has 10 heavy (non-hydrogen) atoms. The maximum absolute atomic E-state index is 9.45. The zero-order valence-corrected chi connectivity index (χ0v) is 7.09. The monoisotopic (exact) mass is 143 g/mol. The molecule has 2 heteroatoms. The van der Waals surface area contributed by atoms with Gasteiger partial charge in [-0.05, 0) is 33.6 Å². The fraction of sp³-hybridized carbons (Fsp3) is 1.00. The Kier molecular flexibility index (Phi) is 2.02. The van der Waals surface area contributed by atoms with E-state index < -0.39 is 0 Å². The molecule has 60 valence electrons. The van der Waals surface area contributed by atoms with Crippen molar-refractivity contribution in [2.45, 2.75) is 45.4 Å². The van der Waals surface area contributed by atoms with E-state index in [1.54, 1.807) is 0 Å². The van der Waals surface area contributed by atoms with E-state index in [1.165, 1.54) is 0 Å². The van der Waals surface area contributed by atoms with Crippen LogP contribution in [0, 0.1) is 0 Å². The standard InChI is InChI=1S/C8H17NO/c1-8(2,3)9-6-4-5-7(9)10/h7,10H,4-6H2,1-3H3. The van der Waals surface area contributed by atoms with Crippen LogP contribution >= 0.6 is 0 Å². The Morgan fingerprint density at radius 2 is 2.00 bits per heavy atom. The smallest absolute Gasteiger partial charge is 0.107 e. The fourth-order valence-electron chi connectivity index (χ4n) is 1.53. The Balaban J connectivity index is 2.55. The maximum atomic E-state index is 9.45. The minimum Gasteiger partial charge on any atom is -0.378 e. The predicted molar refractivity (Wildman–Crippen MR) is 41.7 cm³/mol. The van der Waals surface area contributed by atoms with Gasteiger partial charge in [-0.2, -0.15) is 0 Å². The van der Waals surface area contributed by atoms with Crippen molar-refractivity contribution in [1.82, 2.24) is 4.90 Å². The Morgan fingerprint density at radius 1 is 1.40 bits per heavy atom. The van der Waals surface area contributed by atoms with Crippen LogP contribution in [0.5, 0.6) is 0 Å². The van der Waals surface area contributed by atoms with Gasteiger partial charge in [0.1, 0.15) is 6.23 Å². The van der Waals surface area contributed by atoms with Crippen LogP contribution in [-0.2, 0) is 0 Å². The van der Waals surface area contributed by atoms with Gasteiger partial charge in [0.25, 0.3) is 0 Å². The van der Waals surface area contributed by atoms with Gasteiger partial charge in [0, 0.05) is 12.1 Å². The van der Waals surface area contributed by atoms with E-state index in [1.807, 2.05) is 0 Å². The highest BCUT2D eigenvalue weighted by atomic mass is 16.3. The van der Waals surface area contributed by atoms with Gasteiger partial charge in [-0.1, -0.05) is 0 Å². The van der Waals surface area contributed by atoms with Crippen molar-refractivity contribution < 1.29 is 5.11 Å². The average Bonchev–Trinajstić information content (AvgIpc) is 2.11. The predicted octanol–water partition coefficient (Wildman–Crippen LogP) is 1.20. The molecule has 1 heterocycles. The molecular weight excluding hydrogens is 126 g/mol. The number of rotatable bonds is 0. The van der Waals surface area contributed by atoms with Crippen LogP contribution < -0.4 is 0 Å². The topological polar surface area (TPSA) is 23.5 Å². The summed E-state index contributed by atoms with van der Waals surface area (Å²) in [5, 5.41) is 9.45. The normalized spacial score (nSPS) is 29.4. The summed E-state index contributed by atoms with van der Waals surface area (Å²) in [5.74, 6) is 0. The largest absolute Gasteiger partial charge is 0.378 e. The highest BCUT2D eigenvalue weighted by Gasteiger charge is 2.30. The zero-order chi connectivity index (χ0) is 7.78. The first-order chi connectivity index (χ1) is 4.52. The lowest BCUT2D eigenvalue weighted by Crippen LogP contribution is -2.44. The van der Waals surface area contributed by atoms with Gasteiger partial charge < -0.3 is 5.11 Å². The first kappa shape index (κ1) is 8.02. The van der Waals surface area contributed by atoms with Crippen molar-refractivity contribution in [3.05, 3.63) is 0 Å². The van der Waals surface area contributed by atoms with Crippen molar-refractivity contribution in [3.63, 3.8) is 0 Å². The average molecular weight is 143 g/mol. The molecule has 0 saturated carbocycles. The Hall–Kier alpha value is -0.0800. The quantitative estimate of drug-likeness (QED) is 0.550. The number of aliphatic hydroxyl groups excluding tert-OH is 1. The molecule has 0 aliphatic carbocycles. The molecule has 1 atom stereocenters. The summed E-state index contributed by atoms with van der Waals surface area (Å²) in [6.45, 7) is 7.47. The third-order valence-corrected chi connectivity index (χ3v) is 2.08. The molecule has 1 aliphatic heterocycles. The summed E-state index contributed by atoms with van der Waals surface area (Å²) in [4.78, 5) is 2.15. The molecule has 0 spiro atoms. The van der Waals surface area contributed by atoms with Crippen LogP contribution in [0.25, 0.3) is 0 Å². The van der Waals surface area contributed by atoms with E-state index >= 15 is 0 Å². The van der Waals surface area contributed by atoms with Crippen molar-refractivity contribution in [2.24, 2.45) is 0 Å². The van der Waals surface area contributed by atoms with Gasteiger partial charge in [-0.3, -0.25) is 4.90 Å². The molecule has 1 aliphatic rings. The van der Waals surface area contributed by atoms with E-state index in [9.17, 15) is 5.11 Å². The van der Waals surface area contributed by atoms with Crippen LogP contribution in [0.3, 0.4) is 0 Å². The van der Waals surface area contributed by atoms with Gasteiger partial charge >= 0.3 is 0 Å². The summed E-state index contributed by atoms with van der Waals surface area (Å²) in [5.41, 5.74) is 0.135. The number of nitrogens with zero attached hydrogens (tertiary/aromatic N) is 1. The molecule has 1 fully saturated rings. The maximum Gasteiger partial charge on any atom is 0.107 e. The molecule has 1 saturated heterocycles. The van der Waals surface area contributed by atoms with E-state index in [-0.39, 0.29) is 11.8 Å². The van der Waals surface area contributed by atoms with Crippen molar-refractivity contribution in [3.8, 4) is 0 Å². The SMILES string of the molecule is CC(C)(C)N1CCCC1O. The molecule has 0 radical (unpaired) electrons. The molecule has 2 nitrogen and oxygen atoms in total. The number of hydrogen-bond donors (Lipinski definition) is 1. The van der Waals surface area contributed by atoms with Crippen LogP contribution in [0.2, 0.25) is 0 Å². The summed E-state index contributed by atoms with van der Waals surface area (Å²) in [6.07, 6.45) is 1.88. The fourth-order valence-corrected chi connectivity index (χ4v) is 1.53. The van der Waals surface area contributed by atoms with Gasteiger partial charge in [0.2, 0.25) is 0 Å². The van der Waals surface area contributed by atoms with Gasteiger partial charge in [-0.15, -0.1) is 0 Å². The van der Waals surface area contributed by atoms with Gasteiger partial charge in [0.15, 0.2) is 0 Å². The van der Waals surface area contributed by atoms with Crippen molar-refractivity contribution in [1.29, 1.82) is 0 Å². The van der Waals surface area contributed by atoms with Gasteiger partial charge in [-0.25, -0.2) is 0 Å². The van der Waals surface area contributed by atoms with Crippen molar-refractivity contribution in [2.75, 3.05) is 6.54 Å². The van der Waals surface area contributed by atoms with Gasteiger partial charge in [0.05, 0.1) is 0 Å². The lowest BCUT2D eigenvalue weighted by atomic mass is 10.1. The first-order valence-corrected chi connectivity index (χ1v) is 3.96. The Morgan fingerprint density at radius 3 is 2.20 bits per heavy atom. The van der Waals surface area contributed by atoms with E-state index in [2.05, 4.69) is 25.7 Å². The molecule has 0 amide bonds.